The van der Waals surface area contributed by atoms with Crippen LogP contribution in [0.3, 0.4) is 0 Å². The van der Waals surface area contributed by atoms with Gasteiger partial charge in [-0.1, -0.05) is 11.6 Å². The summed E-state index contributed by atoms with van der Waals surface area (Å²) in [5.74, 6) is 0.299. The van der Waals surface area contributed by atoms with Gasteiger partial charge in [-0.2, -0.15) is 0 Å². The highest BCUT2D eigenvalue weighted by atomic mass is 79.9. The topological polar surface area (TPSA) is 77.1 Å². The molecule has 1 heterocycles. The SMILES string of the molecule is COC(=O)COc1cc(Br)c(Cl)cc1NCC1CN(C(=O)OC(C)(C)C)C1. The molecule has 27 heavy (non-hydrogen) atoms. The molecule has 1 amide bonds. The van der Waals surface area contributed by atoms with Gasteiger partial charge in [0.25, 0.3) is 0 Å². The second kappa shape index (κ2) is 9.01. The zero-order valence-electron chi connectivity index (χ0n) is 15.8. The number of ether oxygens (including phenoxy) is 3. The highest BCUT2D eigenvalue weighted by molar-refractivity contribution is 9.10. The second-order valence-electron chi connectivity index (χ2n) is 7.26. The number of esters is 1. The molecule has 0 unspecified atom stereocenters. The Morgan fingerprint density at radius 3 is 2.59 bits per heavy atom. The lowest BCUT2D eigenvalue weighted by atomic mass is 10.0. The number of amides is 1. The predicted molar refractivity (Wildman–Crippen MR) is 106 cm³/mol. The molecule has 0 radical (unpaired) electrons. The number of likely N-dealkylation sites (tertiary alicyclic amines) is 1. The largest absolute Gasteiger partial charge is 0.480 e. The minimum Gasteiger partial charge on any atom is -0.480 e. The number of benzene rings is 1. The fourth-order valence-corrected chi connectivity index (χ4v) is 2.90. The van der Waals surface area contributed by atoms with Crippen molar-refractivity contribution in [1.29, 1.82) is 0 Å². The summed E-state index contributed by atoms with van der Waals surface area (Å²) in [6.07, 6.45) is -0.299. The zero-order chi connectivity index (χ0) is 20.2. The van der Waals surface area contributed by atoms with Gasteiger partial charge in [0, 0.05) is 30.0 Å². The lowest BCUT2D eigenvalue weighted by molar-refractivity contribution is -0.142. The summed E-state index contributed by atoms with van der Waals surface area (Å²) in [6.45, 7) is 7.19. The van der Waals surface area contributed by atoms with E-state index in [1.807, 2.05) is 20.8 Å². The fraction of sp³-hybridized carbons (Fsp3) is 0.556. The molecule has 1 aromatic carbocycles. The summed E-state index contributed by atoms with van der Waals surface area (Å²) in [5.41, 5.74) is 0.170. The predicted octanol–water partition coefficient (Wildman–Crippen LogP) is 3.93. The van der Waals surface area contributed by atoms with Crippen molar-refractivity contribution in [2.45, 2.75) is 26.4 Å². The molecule has 2 rings (SSSR count). The number of nitrogens with zero attached hydrogens (tertiary/aromatic N) is 1. The molecular formula is C18H24BrClN2O5. The maximum absolute atomic E-state index is 12.0. The van der Waals surface area contributed by atoms with E-state index in [4.69, 9.17) is 21.1 Å². The van der Waals surface area contributed by atoms with Crippen LogP contribution in [0.25, 0.3) is 0 Å². The lowest BCUT2D eigenvalue weighted by Gasteiger charge is -2.40. The maximum atomic E-state index is 12.0. The van der Waals surface area contributed by atoms with Crippen LogP contribution in [-0.2, 0) is 14.3 Å². The molecular weight excluding hydrogens is 440 g/mol. The molecule has 1 aromatic rings. The average molecular weight is 464 g/mol. The fourth-order valence-electron chi connectivity index (χ4n) is 2.41. The maximum Gasteiger partial charge on any atom is 0.410 e. The van der Waals surface area contributed by atoms with Crippen molar-refractivity contribution in [3.8, 4) is 5.75 Å². The first-order valence-electron chi connectivity index (χ1n) is 8.49. The van der Waals surface area contributed by atoms with Crippen LogP contribution in [0, 0.1) is 5.92 Å². The van der Waals surface area contributed by atoms with Gasteiger partial charge in [-0.15, -0.1) is 0 Å². The number of anilines is 1. The van der Waals surface area contributed by atoms with Crippen molar-refractivity contribution in [1.82, 2.24) is 4.90 Å². The van der Waals surface area contributed by atoms with E-state index in [0.717, 1.165) is 0 Å². The van der Waals surface area contributed by atoms with Crippen molar-refractivity contribution >= 4 is 45.3 Å². The molecule has 1 N–H and O–H groups in total. The van der Waals surface area contributed by atoms with Crippen LogP contribution in [0.5, 0.6) is 5.75 Å². The van der Waals surface area contributed by atoms with Crippen LogP contribution in [0.1, 0.15) is 20.8 Å². The number of halogens is 2. The van der Waals surface area contributed by atoms with E-state index < -0.39 is 11.6 Å². The third-order valence-corrected chi connectivity index (χ3v) is 4.98. The molecule has 7 nitrogen and oxygen atoms in total. The summed E-state index contributed by atoms with van der Waals surface area (Å²) >= 11 is 9.50. The molecule has 0 aliphatic carbocycles. The smallest absolute Gasteiger partial charge is 0.410 e. The van der Waals surface area contributed by atoms with Crippen molar-refractivity contribution < 1.29 is 23.8 Å². The zero-order valence-corrected chi connectivity index (χ0v) is 18.1. The third kappa shape index (κ3) is 6.46. The van der Waals surface area contributed by atoms with Gasteiger partial charge in [0.05, 0.1) is 17.8 Å². The molecule has 1 fully saturated rings. The first-order chi connectivity index (χ1) is 12.6. The number of methoxy groups -OCH3 is 1. The van der Waals surface area contributed by atoms with E-state index in [1.54, 1.807) is 17.0 Å². The van der Waals surface area contributed by atoms with E-state index in [-0.39, 0.29) is 18.6 Å². The second-order valence-corrected chi connectivity index (χ2v) is 8.52. The molecule has 0 spiro atoms. The van der Waals surface area contributed by atoms with Gasteiger partial charge in [0.15, 0.2) is 6.61 Å². The van der Waals surface area contributed by atoms with Crippen LogP contribution in [0.4, 0.5) is 10.5 Å². The minimum atomic E-state index is -0.500. The molecule has 0 saturated carbocycles. The van der Waals surface area contributed by atoms with Crippen molar-refractivity contribution in [3.63, 3.8) is 0 Å². The van der Waals surface area contributed by atoms with Gasteiger partial charge in [-0.3, -0.25) is 0 Å². The number of hydrogen-bond donors (Lipinski definition) is 1. The number of carbonyl (C=O) groups excluding carboxylic acids is 2. The Kier molecular flexibility index (Phi) is 7.22. The van der Waals surface area contributed by atoms with E-state index in [0.29, 0.717) is 40.6 Å². The number of carbonyl (C=O) groups is 2. The molecule has 1 aliphatic heterocycles. The van der Waals surface area contributed by atoms with Gasteiger partial charge in [-0.05, 0) is 48.8 Å². The Morgan fingerprint density at radius 1 is 1.33 bits per heavy atom. The Balaban J connectivity index is 1.90. The normalized spacial score (nSPS) is 14.4. The molecule has 1 aliphatic rings. The molecule has 150 valence electrons. The average Bonchev–Trinajstić information content (AvgIpc) is 2.52. The Labute approximate surface area is 172 Å². The van der Waals surface area contributed by atoms with Crippen molar-refractivity contribution in [2.24, 2.45) is 5.92 Å². The third-order valence-electron chi connectivity index (χ3n) is 3.79. The number of hydrogen-bond acceptors (Lipinski definition) is 6. The lowest BCUT2D eigenvalue weighted by Crippen LogP contribution is -2.53. The molecule has 0 bridgehead atoms. The Hall–Kier alpha value is -1.67. The van der Waals surface area contributed by atoms with E-state index in [2.05, 4.69) is 26.0 Å². The van der Waals surface area contributed by atoms with E-state index >= 15 is 0 Å². The van der Waals surface area contributed by atoms with Crippen LogP contribution in [0.2, 0.25) is 5.02 Å². The van der Waals surface area contributed by atoms with Crippen LogP contribution in [-0.4, -0.2) is 55.9 Å². The first-order valence-corrected chi connectivity index (χ1v) is 9.66. The molecule has 9 heteroatoms. The van der Waals surface area contributed by atoms with Gasteiger partial charge >= 0.3 is 12.1 Å². The minimum absolute atomic E-state index is 0.199. The molecule has 0 atom stereocenters. The van der Waals surface area contributed by atoms with Gasteiger partial charge in [0.2, 0.25) is 0 Å². The van der Waals surface area contributed by atoms with E-state index in [9.17, 15) is 9.59 Å². The van der Waals surface area contributed by atoms with Crippen LogP contribution >= 0.6 is 27.5 Å². The van der Waals surface area contributed by atoms with Crippen molar-refractivity contribution in [2.75, 3.05) is 38.7 Å². The van der Waals surface area contributed by atoms with Gasteiger partial charge in [-0.25, -0.2) is 9.59 Å². The standard InChI is InChI=1S/C18H24BrClN2O5/c1-18(2,3)27-17(24)22-8-11(9-22)7-21-14-6-13(20)12(19)5-15(14)26-10-16(23)25-4/h5-6,11,21H,7-10H2,1-4H3. The summed E-state index contributed by atoms with van der Waals surface area (Å²) in [5, 5.41) is 3.79. The first kappa shape index (κ1) is 21.6. The summed E-state index contributed by atoms with van der Waals surface area (Å²) in [6, 6.07) is 3.42. The summed E-state index contributed by atoms with van der Waals surface area (Å²) < 4.78 is 16.1. The highest BCUT2D eigenvalue weighted by Gasteiger charge is 2.33. The molecule has 1 saturated heterocycles. The Bertz CT molecular complexity index is 702. The summed E-state index contributed by atoms with van der Waals surface area (Å²) in [4.78, 5) is 25.0. The van der Waals surface area contributed by atoms with Gasteiger partial charge in [0.1, 0.15) is 11.4 Å². The number of nitrogens with one attached hydrogen (secondary N) is 1. The van der Waals surface area contributed by atoms with Crippen molar-refractivity contribution in [3.05, 3.63) is 21.6 Å². The highest BCUT2D eigenvalue weighted by Crippen LogP contribution is 2.35. The summed E-state index contributed by atoms with van der Waals surface area (Å²) in [7, 11) is 1.30. The monoisotopic (exact) mass is 462 g/mol. The molecule has 0 aromatic heterocycles. The Morgan fingerprint density at radius 2 is 2.00 bits per heavy atom. The van der Waals surface area contributed by atoms with Gasteiger partial charge < -0.3 is 24.4 Å². The number of rotatable bonds is 6. The van der Waals surface area contributed by atoms with E-state index in [1.165, 1.54) is 7.11 Å². The quantitative estimate of drug-likeness (QED) is 0.644. The van der Waals surface area contributed by atoms with Crippen LogP contribution < -0.4 is 10.1 Å². The van der Waals surface area contributed by atoms with Crippen LogP contribution in [0.15, 0.2) is 16.6 Å².